The van der Waals surface area contributed by atoms with Gasteiger partial charge in [0, 0.05) is 17.2 Å². The zero-order valence-corrected chi connectivity index (χ0v) is 18.5. The summed E-state index contributed by atoms with van der Waals surface area (Å²) in [6, 6.07) is 18.7. The minimum Gasteiger partial charge on any atom is -0.488 e. The summed E-state index contributed by atoms with van der Waals surface area (Å²) in [5.74, 6) is -0.829. The van der Waals surface area contributed by atoms with Crippen molar-refractivity contribution in [2.75, 3.05) is 6.54 Å². The summed E-state index contributed by atoms with van der Waals surface area (Å²) >= 11 is 0. The fraction of sp³-hybridized carbons (Fsp3) is 0.269. The second-order valence-electron chi connectivity index (χ2n) is 7.97. The summed E-state index contributed by atoms with van der Waals surface area (Å²) in [5.41, 5.74) is 1.04. The zero-order chi connectivity index (χ0) is 24.1. The van der Waals surface area contributed by atoms with Crippen LogP contribution in [0.3, 0.4) is 0 Å². The van der Waals surface area contributed by atoms with Gasteiger partial charge in [-0.2, -0.15) is 0 Å². The van der Waals surface area contributed by atoms with Crippen LogP contribution in [0.4, 0.5) is 13.2 Å². The molecule has 0 saturated carbocycles. The number of halogens is 3. The van der Waals surface area contributed by atoms with Crippen LogP contribution in [0, 0.1) is 6.92 Å². The number of esters is 1. The van der Waals surface area contributed by atoms with E-state index in [1.807, 2.05) is 30.3 Å². The average Bonchev–Trinajstić information content (AvgIpc) is 3.34. The predicted molar refractivity (Wildman–Crippen MR) is 120 cm³/mol. The van der Waals surface area contributed by atoms with Crippen molar-refractivity contribution in [2.45, 2.75) is 38.8 Å². The molecule has 1 fully saturated rings. The Morgan fingerprint density at radius 1 is 1.06 bits per heavy atom. The molecular weight excluding hydrogens is 447 g/mol. The first-order valence-electron chi connectivity index (χ1n) is 10.9. The minimum absolute atomic E-state index is 0.00696. The first-order chi connectivity index (χ1) is 16.3. The number of ether oxygens (including phenoxy) is 3. The number of hydrogen-bond donors (Lipinski definition) is 1. The van der Waals surface area contributed by atoms with Crippen LogP contribution < -0.4 is 19.5 Å². The number of carbonyl (C=O) groups excluding carboxylic acids is 1. The van der Waals surface area contributed by atoms with Crippen LogP contribution in [0.1, 0.15) is 45.9 Å². The van der Waals surface area contributed by atoms with Crippen LogP contribution in [0.5, 0.6) is 17.2 Å². The normalized spacial score (nSPS) is 15.7. The first-order valence-corrected chi connectivity index (χ1v) is 10.9. The van der Waals surface area contributed by atoms with Crippen molar-refractivity contribution in [3.05, 3.63) is 89.0 Å². The third kappa shape index (κ3) is 5.69. The fourth-order valence-electron chi connectivity index (χ4n) is 4.00. The maximum atomic E-state index is 13.3. The molecule has 0 bridgehead atoms. The number of hydrogen-bond acceptors (Lipinski definition) is 5. The van der Waals surface area contributed by atoms with E-state index in [0.717, 1.165) is 12.0 Å². The van der Waals surface area contributed by atoms with E-state index in [1.54, 1.807) is 30.3 Å². The quantitative estimate of drug-likeness (QED) is 0.333. The highest BCUT2D eigenvalue weighted by Crippen LogP contribution is 2.42. The van der Waals surface area contributed by atoms with Gasteiger partial charge in [-0.15, -0.1) is 13.2 Å². The van der Waals surface area contributed by atoms with Crippen LogP contribution in [0.15, 0.2) is 66.7 Å². The molecule has 0 aliphatic carbocycles. The molecule has 0 unspecified atom stereocenters. The molecule has 0 amide bonds. The second-order valence-corrected chi connectivity index (χ2v) is 7.97. The highest BCUT2D eigenvalue weighted by atomic mass is 19.4. The molecule has 34 heavy (non-hydrogen) atoms. The molecule has 0 radical (unpaired) electrons. The molecule has 1 heterocycles. The second kappa shape index (κ2) is 10.2. The van der Waals surface area contributed by atoms with Gasteiger partial charge in [0.1, 0.15) is 29.4 Å². The van der Waals surface area contributed by atoms with E-state index in [4.69, 9.17) is 9.47 Å². The molecule has 4 rings (SSSR count). The molecule has 1 N–H and O–H groups in total. The van der Waals surface area contributed by atoms with Crippen molar-refractivity contribution in [1.82, 2.24) is 5.32 Å². The first kappa shape index (κ1) is 23.6. The summed E-state index contributed by atoms with van der Waals surface area (Å²) in [6.45, 7) is 2.21. The zero-order valence-electron chi connectivity index (χ0n) is 18.5. The van der Waals surface area contributed by atoms with Gasteiger partial charge in [-0.25, -0.2) is 4.79 Å². The molecule has 1 aliphatic rings. The van der Waals surface area contributed by atoms with Gasteiger partial charge < -0.3 is 19.5 Å². The van der Waals surface area contributed by atoms with Gasteiger partial charge in [0.2, 0.25) is 0 Å². The van der Waals surface area contributed by atoms with E-state index in [-0.39, 0.29) is 35.3 Å². The smallest absolute Gasteiger partial charge is 0.488 e. The Morgan fingerprint density at radius 2 is 1.74 bits per heavy atom. The summed E-state index contributed by atoms with van der Waals surface area (Å²) in [5, 5.41) is 3.20. The van der Waals surface area contributed by atoms with E-state index in [9.17, 15) is 18.0 Å². The number of rotatable bonds is 7. The summed E-state index contributed by atoms with van der Waals surface area (Å²) in [6.07, 6.45) is -3.47. The van der Waals surface area contributed by atoms with Crippen molar-refractivity contribution >= 4 is 5.97 Å². The lowest BCUT2D eigenvalue weighted by Gasteiger charge is -2.23. The Labute approximate surface area is 195 Å². The van der Waals surface area contributed by atoms with Crippen LogP contribution in [0.2, 0.25) is 0 Å². The standard InChI is InChI=1S/C26H24F3NO4/c1-17-23(25(31)33-19-11-6-3-7-12-19)22(32-16-18-9-4-2-5-10-18)15-20(21-13-8-14-30-21)24(17)34-26(27,28)29/h2-7,9-12,15,21,30H,8,13-14,16H2,1H3/t21-/m0/s1. The SMILES string of the molecule is Cc1c(OC(F)(F)F)c([C@@H]2CCCN2)cc(OCc2ccccc2)c1C(=O)Oc1ccccc1. The third-order valence-corrected chi connectivity index (χ3v) is 5.56. The largest absolute Gasteiger partial charge is 0.573 e. The highest BCUT2D eigenvalue weighted by molar-refractivity contribution is 5.96. The van der Waals surface area contributed by atoms with Gasteiger partial charge in [-0.05, 0) is 50.1 Å². The average molecular weight is 471 g/mol. The van der Waals surface area contributed by atoms with E-state index in [2.05, 4.69) is 10.1 Å². The lowest BCUT2D eigenvalue weighted by Crippen LogP contribution is -2.23. The maximum absolute atomic E-state index is 13.3. The van der Waals surface area contributed by atoms with Crippen molar-refractivity contribution in [1.29, 1.82) is 0 Å². The van der Waals surface area contributed by atoms with E-state index in [1.165, 1.54) is 13.0 Å². The Hall–Kier alpha value is -3.52. The molecule has 3 aromatic carbocycles. The molecular formula is C26H24F3NO4. The van der Waals surface area contributed by atoms with Crippen LogP contribution >= 0.6 is 0 Å². The number of carbonyl (C=O) groups is 1. The lowest BCUT2D eigenvalue weighted by molar-refractivity contribution is -0.275. The Bertz CT molecular complexity index is 1130. The summed E-state index contributed by atoms with van der Waals surface area (Å²) in [7, 11) is 0. The predicted octanol–water partition coefficient (Wildman–Crippen LogP) is 6.12. The van der Waals surface area contributed by atoms with Gasteiger partial charge >= 0.3 is 12.3 Å². The van der Waals surface area contributed by atoms with Crippen LogP contribution in [-0.4, -0.2) is 18.9 Å². The molecule has 5 nitrogen and oxygen atoms in total. The van der Waals surface area contributed by atoms with Gasteiger partial charge in [0.05, 0.1) is 0 Å². The van der Waals surface area contributed by atoms with Gasteiger partial charge in [-0.1, -0.05) is 48.5 Å². The van der Waals surface area contributed by atoms with Gasteiger partial charge in [-0.3, -0.25) is 0 Å². The van der Waals surface area contributed by atoms with Gasteiger partial charge in [0.15, 0.2) is 0 Å². The lowest BCUT2D eigenvalue weighted by atomic mass is 9.96. The van der Waals surface area contributed by atoms with Crippen LogP contribution in [0.25, 0.3) is 0 Å². The molecule has 0 aromatic heterocycles. The molecule has 3 aromatic rings. The van der Waals surface area contributed by atoms with E-state index in [0.29, 0.717) is 18.5 Å². The van der Waals surface area contributed by atoms with Crippen LogP contribution in [-0.2, 0) is 6.61 Å². The molecule has 1 aliphatic heterocycles. The van der Waals surface area contributed by atoms with Gasteiger partial charge in [0.25, 0.3) is 0 Å². The molecule has 8 heteroatoms. The van der Waals surface area contributed by atoms with Crippen molar-refractivity contribution < 1.29 is 32.2 Å². The number of para-hydroxylation sites is 1. The molecule has 1 atom stereocenters. The molecule has 178 valence electrons. The number of nitrogens with one attached hydrogen (secondary N) is 1. The summed E-state index contributed by atoms with van der Waals surface area (Å²) in [4.78, 5) is 13.2. The van der Waals surface area contributed by atoms with E-state index < -0.39 is 18.1 Å². The highest BCUT2D eigenvalue weighted by Gasteiger charge is 2.37. The van der Waals surface area contributed by atoms with Crippen molar-refractivity contribution in [3.63, 3.8) is 0 Å². The topological polar surface area (TPSA) is 56.8 Å². The number of benzene rings is 3. The van der Waals surface area contributed by atoms with Crippen molar-refractivity contribution in [2.24, 2.45) is 0 Å². The maximum Gasteiger partial charge on any atom is 0.573 e. The Kier molecular flexibility index (Phi) is 7.07. The number of alkyl halides is 3. The minimum atomic E-state index is -4.93. The van der Waals surface area contributed by atoms with E-state index >= 15 is 0 Å². The molecule has 1 saturated heterocycles. The Morgan fingerprint density at radius 3 is 2.35 bits per heavy atom. The third-order valence-electron chi connectivity index (χ3n) is 5.56. The molecule has 0 spiro atoms. The Balaban J connectivity index is 1.79. The summed E-state index contributed by atoms with van der Waals surface area (Å²) < 4.78 is 55.9. The monoisotopic (exact) mass is 471 g/mol. The van der Waals surface area contributed by atoms with Crippen molar-refractivity contribution in [3.8, 4) is 17.2 Å². The fourth-order valence-corrected chi connectivity index (χ4v) is 4.00.